The third-order valence-electron chi connectivity index (χ3n) is 2.26. The Morgan fingerprint density at radius 3 is 2.64 bits per heavy atom. The molecule has 0 fully saturated rings. The first kappa shape index (κ1) is 10.7. The van der Waals surface area contributed by atoms with Gasteiger partial charge in [0, 0.05) is 6.54 Å². The zero-order valence-corrected chi connectivity index (χ0v) is 8.13. The molecule has 1 unspecified atom stereocenters. The van der Waals surface area contributed by atoms with Crippen molar-refractivity contribution < 1.29 is 4.39 Å². The van der Waals surface area contributed by atoms with Crippen molar-refractivity contribution in [3.8, 4) is 6.07 Å². The lowest BCUT2D eigenvalue weighted by atomic mass is 9.85. The van der Waals surface area contributed by atoms with E-state index < -0.39 is 5.41 Å². The van der Waals surface area contributed by atoms with E-state index in [0.717, 1.165) is 0 Å². The normalized spacial score (nSPS) is 14.4. The van der Waals surface area contributed by atoms with E-state index in [4.69, 9.17) is 11.0 Å². The lowest BCUT2D eigenvalue weighted by molar-refractivity contribution is 0.441. The van der Waals surface area contributed by atoms with Crippen LogP contribution in [0.4, 0.5) is 4.39 Å². The Kier molecular flexibility index (Phi) is 3.21. The number of nitrogens with zero attached hydrogens (tertiary/aromatic N) is 1. The molecule has 0 spiro atoms. The van der Waals surface area contributed by atoms with Gasteiger partial charge in [0.05, 0.1) is 11.5 Å². The first-order valence-electron chi connectivity index (χ1n) is 4.46. The number of nitrogens with two attached hydrogens (primary N) is 1. The van der Waals surface area contributed by atoms with Crippen LogP contribution in [0.25, 0.3) is 0 Å². The van der Waals surface area contributed by atoms with Crippen molar-refractivity contribution in [3.63, 3.8) is 0 Å². The smallest absolute Gasteiger partial charge is 0.126 e. The van der Waals surface area contributed by atoms with Gasteiger partial charge in [-0.3, -0.25) is 0 Å². The molecule has 1 aromatic rings. The SMILES string of the molecule is CC(C#N)(CN)Cc1ccccc1F. The number of hydrogen-bond donors (Lipinski definition) is 1. The minimum absolute atomic E-state index is 0.234. The van der Waals surface area contributed by atoms with E-state index in [2.05, 4.69) is 6.07 Å². The van der Waals surface area contributed by atoms with Crippen molar-refractivity contribution in [1.82, 2.24) is 0 Å². The predicted molar refractivity (Wildman–Crippen MR) is 52.9 cm³/mol. The molecule has 1 aromatic carbocycles. The van der Waals surface area contributed by atoms with Crippen molar-refractivity contribution in [1.29, 1.82) is 5.26 Å². The number of hydrogen-bond acceptors (Lipinski definition) is 2. The van der Waals surface area contributed by atoms with Crippen LogP contribution in [0.15, 0.2) is 24.3 Å². The van der Waals surface area contributed by atoms with E-state index in [0.29, 0.717) is 12.0 Å². The summed E-state index contributed by atoms with van der Waals surface area (Å²) in [6, 6.07) is 8.57. The van der Waals surface area contributed by atoms with E-state index in [1.165, 1.54) is 6.07 Å². The molecule has 14 heavy (non-hydrogen) atoms. The first-order valence-corrected chi connectivity index (χ1v) is 4.46. The minimum Gasteiger partial charge on any atom is -0.329 e. The maximum atomic E-state index is 13.2. The Hall–Kier alpha value is -1.40. The monoisotopic (exact) mass is 192 g/mol. The molecular weight excluding hydrogens is 179 g/mol. The van der Waals surface area contributed by atoms with E-state index in [1.54, 1.807) is 25.1 Å². The molecule has 0 aliphatic rings. The first-order chi connectivity index (χ1) is 6.61. The molecule has 74 valence electrons. The molecule has 0 radical (unpaired) electrons. The Bertz CT molecular complexity index is 357. The Morgan fingerprint density at radius 2 is 2.14 bits per heavy atom. The summed E-state index contributed by atoms with van der Waals surface area (Å²) in [5.74, 6) is -0.276. The van der Waals surface area contributed by atoms with Crippen molar-refractivity contribution in [2.45, 2.75) is 13.3 Å². The van der Waals surface area contributed by atoms with Gasteiger partial charge in [0.25, 0.3) is 0 Å². The fraction of sp³-hybridized carbons (Fsp3) is 0.364. The summed E-state index contributed by atoms with van der Waals surface area (Å²) in [5, 5.41) is 8.89. The second kappa shape index (κ2) is 4.21. The van der Waals surface area contributed by atoms with Crippen molar-refractivity contribution >= 4 is 0 Å². The molecule has 1 atom stereocenters. The van der Waals surface area contributed by atoms with Crippen molar-refractivity contribution in [3.05, 3.63) is 35.6 Å². The lowest BCUT2D eigenvalue weighted by Gasteiger charge is -2.19. The molecule has 2 N–H and O–H groups in total. The fourth-order valence-electron chi connectivity index (χ4n) is 1.22. The third-order valence-corrected chi connectivity index (χ3v) is 2.26. The van der Waals surface area contributed by atoms with Crippen LogP contribution in [0.3, 0.4) is 0 Å². The number of benzene rings is 1. The van der Waals surface area contributed by atoms with E-state index >= 15 is 0 Å². The van der Waals surface area contributed by atoms with Gasteiger partial charge < -0.3 is 5.73 Å². The Morgan fingerprint density at radius 1 is 1.50 bits per heavy atom. The maximum absolute atomic E-state index is 13.2. The second-order valence-electron chi connectivity index (χ2n) is 3.64. The minimum atomic E-state index is -0.678. The molecule has 0 amide bonds. The van der Waals surface area contributed by atoms with Gasteiger partial charge in [-0.2, -0.15) is 5.26 Å². The van der Waals surface area contributed by atoms with Crippen LogP contribution in [0.1, 0.15) is 12.5 Å². The molecule has 0 heterocycles. The van der Waals surface area contributed by atoms with Crippen LogP contribution in [0.2, 0.25) is 0 Å². The van der Waals surface area contributed by atoms with Gasteiger partial charge in [0.1, 0.15) is 5.82 Å². The average Bonchev–Trinajstić information content (AvgIpc) is 2.21. The summed E-state index contributed by atoms with van der Waals surface area (Å²) in [4.78, 5) is 0. The highest BCUT2D eigenvalue weighted by molar-refractivity contribution is 5.21. The van der Waals surface area contributed by atoms with Crippen LogP contribution < -0.4 is 5.73 Å². The van der Waals surface area contributed by atoms with Crippen molar-refractivity contribution in [2.75, 3.05) is 6.54 Å². The third kappa shape index (κ3) is 2.30. The van der Waals surface area contributed by atoms with Crippen LogP contribution in [-0.4, -0.2) is 6.54 Å². The van der Waals surface area contributed by atoms with Gasteiger partial charge in [-0.15, -0.1) is 0 Å². The van der Waals surface area contributed by atoms with Gasteiger partial charge in [-0.25, -0.2) is 4.39 Å². The van der Waals surface area contributed by atoms with Gasteiger partial charge >= 0.3 is 0 Å². The van der Waals surface area contributed by atoms with Gasteiger partial charge in [-0.1, -0.05) is 18.2 Å². The summed E-state index contributed by atoms with van der Waals surface area (Å²) >= 11 is 0. The summed E-state index contributed by atoms with van der Waals surface area (Å²) in [7, 11) is 0. The van der Waals surface area contributed by atoms with Crippen LogP contribution in [-0.2, 0) is 6.42 Å². The topological polar surface area (TPSA) is 49.8 Å². The Balaban J connectivity index is 2.89. The zero-order valence-electron chi connectivity index (χ0n) is 8.13. The Labute approximate surface area is 83.2 Å². The molecular formula is C11H13FN2. The summed E-state index contributed by atoms with van der Waals surface area (Å²) in [6.45, 7) is 1.97. The lowest BCUT2D eigenvalue weighted by Crippen LogP contribution is -2.28. The van der Waals surface area contributed by atoms with Crippen molar-refractivity contribution in [2.24, 2.45) is 11.1 Å². The highest BCUT2D eigenvalue weighted by atomic mass is 19.1. The number of nitriles is 1. The highest BCUT2D eigenvalue weighted by Crippen LogP contribution is 2.21. The van der Waals surface area contributed by atoms with Crippen LogP contribution >= 0.6 is 0 Å². The van der Waals surface area contributed by atoms with Gasteiger partial charge in [0.15, 0.2) is 0 Å². The van der Waals surface area contributed by atoms with E-state index in [9.17, 15) is 4.39 Å². The molecule has 0 aromatic heterocycles. The molecule has 3 heteroatoms. The molecule has 0 saturated heterocycles. The summed E-state index contributed by atoms with van der Waals surface area (Å²) in [6.07, 6.45) is 0.354. The van der Waals surface area contributed by atoms with Gasteiger partial charge in [0.2, 0.25) is 0 Å². The average molecular weight is 192 g/mol. The zero-order chi connectivity index (χ0) is 10.6. The molecule has 0 bridgehead atoms. The van der Waals surface area contributed by atoms with E-state index in [-0.39, 0.29) is 12.4 Å². The summed E-state index contributed by atoms with van der Waals surface area (Å²) in [5.41, 5.74) is 5.34. The molecule has 0 saturated carbocycles. The molecule has 0 aliphatic carbocycles. The quantitative estimate of drug-likeness (QED) is 0.794. The number of halogens is 1. The standard InChI is InChI=1S/C11H13FN2/c1-11(7-13,8-14)6-9-4-2-3-5-10(9)12/h2-5H,6-7,13H2,1H3. The maximum Gasteiger partial charge on any atom is 0.126 e. The number of rotatable bonds is 3. The summed E-state index contributed by atoms with van der Waals surface area (Å²) < 4.78 is 13.2. The van der Waals surface area contributed by atoms with E-state index in [1.807, 2.05) is 0 Å². The highest BCUT2D eigenvalue weighted by Gasteiger charge is 2.23. The second-order valence-corrected chi connectivity index (χ2v) is 3.64. The largest absolute Gasteiger partial charge is 0.329 e. The molecule has 2 nitrogen and oxygen atoms in total. The van der Waals surface area contributed by atoms with Gasteiger partial charge in [-0.05, 0) is 25.0 Å². The predicted octanol–water partition coefficient (Wildman–Crippen LogP) is 1.86. The molecule has 0 aliphatic heterocycles. The van der Waals surface area contributed by atoms with Crippen LogP contribution in [0, 0.1) is 22.6 Å². The molecule has 1 rings (SSSR count). The van der Waals surface area contributed by atoms with Crippen LogP contribution in [0.5, 0.6) is 0 Å². The fourth-order valence-corrected chi connectivity index (χ4v) is 1.22.